The fourth-order valence-electron chi connectivity index (χ4n) is 3.24. The lowest BCUT2D eigenvalue weighted by Gasteiger charge is -2.13. The number of methoxy groups -OCH3 is 3. The molecule has 0 heterocycles. The van der Waals surface area contributed by atoms with Gasteiger partial charge in [-0.05, 0) is 36.4 Å². The molecule has 0 saturated carbocycles. The van der Waals surface area contributed by atoms with E-state index in [1.807, 2.05) is 0 Å². The Kier molecular flexibility index (Phi) is 8.79. The molecule has 0 unspecified atom stereocenters. The molecule has 0 aliphatic rings. The molecular weight excluding hydrogens is 470 g/mol. The summed E-state index contributed by atoms with van der Waals surface area (Å²) >= 11 is 0. The van der Waals surface area contributed by atoms with Gasteiger partial charge in [0, 0.05) is 24.4 Å². The number of amides is 2. The number of carbonyl (C=O) groups excluding carboxylic acids is 2. The number of para-hydroxylation sites is 2. The van der Waals surface area contributed by atoms with Crippen molar-refractivity contribution in [1.29, 1.82) is 0 Å². The average Bonchev–Trinajstić information content (AvgIpc) is 2.89. The Hall–Kier alpha value is -4.64. The first-order chi connectivity index (χ1) is 17.4. The van der Waals surface area contributed by atoms with Crippen molar-refractivity contribution >= 4 is 28.9 Å². The first-order valence-electron chi connectivity index (χ1n) is 10.7. The third kappa shape index (κ3) is 6.27. The van der Waals surface area contributed by atoms with Crippen LogP contribution in [0.15, 0.2) is 60.7 Å². The van der Waals surface area contributed by atoms with Gasteiger partial charge < -0.3 is 29.6 Å². The molecule has 0 bridgehead atoms. The van der Waals surface area contributed by atoms with Crippen LogP contribution < -0.4 is 24.8 Å². The van der Waals surface area contributed by atoms with Crippen molar-refractivity contribution in [2.75, 3.05) is 45.2 Å². The Morgan fingerprint density at radius 2 is 1.53 bits per heavy atom. The largest absolute Gasteiger partial charge is 0.495 e. The van der Waals surface area contributed by atoms with Gasteiger partial charge in [-0.15, -0.1) is 0 Å². The lowest BCUT2D eigenvalue weighted by atomic mass is 10.1. The second kappa shape index (κ2) is 12.2. The summed E-state index contributed by atoms with van der Waals surface area (Å²) in [6.45, 7) is 0.415. The topological polar surface area (TPSA) is 138 Å². The Balaban J connectivity index is 1.76. The maximum atomic E-state index is 12.9. The number of nitrogens with one attached hydrogen (secondary N) is 2. The zero-order chi connectivity index (χ0) is 26.1. The molecule has 0 radical (unpaired) electrons. The van der Waals surface area contributed by atoms with Gasteiger partial charge >= 0.3 is 0 Å². The Labute approximate surface area is 207 Å². The molecule has 0 fully saturated rings. The lowest BCUT2D eigenvalue weighted by molar-refractivity contribution is -0.385. The first kappa shape index (κ1) is 26.0. The molecule has 0 saturated heterocycles. The minimum Gasteiger partial charge on any atom is -0.495 e. The van der Waals surface area contributed by atoms with E-state index in [2.05, 4.69) is 10.6 Å². The highest BCUT2D eigenvalue weighted by atomic mass is 16.6. The van der Waals surface area contributed by atoms with Crippen LogP contribution in [0.5, 0.6) is 17.2 Å². The molecule has 2 amide bonds. The van der Waals surface area contributed by atoms with Crippen LogP contribution >= 0.6 is 0 Å². The summed E-state index contributed by atoms with van der Waals surface area (Å²) in [6, 6.07) is 15.4. The van der Waals surface area contributed by atoms with Gasteiger partial charge in [0.2, 0.25) is 0 Å². The van der Waals surface area contributed by atoms with Crippen LogP contribution in [0.1, 0.15) is 20.7 Å². The van der Waals surface area contributed by atoms with Gasteiger partial charge in [-0.2, -0.15) is 0 Å². The SMILES string of the molecule is COCCOc1cc([N+](=O)[O-])c(C(=O)Nc2ccc(C(=O)Nc3ccccc3OC)cc2)cc1OC. The highest BCUT2D eigenvalue weighted by Crippen LogP contribution is 2.35. The predicted octanol–water partition coefficient (Wildman–Crippen LogP) is 4.14. The Morgan fingerprint density at radius 3 is 2.17 bits per heavy atom. The van der Waals surface area contributed by atoms with Gasteiger partial charge in [-0.1, -0.05) is 12.1 Å². The number of carbonyl (C=O) groups is 2. The van der Waals surface area contributed by atoms with Crippen LogP contribution in [0.25, 0.3) is 0 Å². The molecule has 3 rings (SSSR count). The summed E-state index contributed by atoms with van der Waals surface area (Å²) < 4.78 is 20.9. The van der Waals surface area contributed by atoms with Crippen LogP contribution in [0, 0.1) is 10.1 Å². The van der Waals surface area contributed by atoms with Crippen LogP contribution in [0.3, 0.4) is 0 Å². The Morgan fingerprint density at radius 1 is 0.833 bits per heavy atom. The predicted molar refractivity (Wildman–Crippen MR) is 132 cm³/mol. The third-order valence-corrected chi connectivity index (χ3v) is 5.03. The van der Waals surface area contributed by atoms with Crippen molar-refractivity contribution in [3.05, 3.63) is 81.9 Å². The zero-order valence-corrected chi connectivity index (χ0v) is 19.9. The number of hydrogen-bond donors (Lipinski definition) is 2. The minimum absolute atomic E-state index is 0.114. The fraction of sp³-hybridized carbons (Fsp3) is 0.200. The van der Waals surface area contributed by atoms with Gasteiger partial charge in [-0.3, -0.25) is 19.7 Å². The molecule has 3 aromatic rings. The summed E-state index contributed by atoms with van der Waals surface area (Å²) in [7, 11) is 4.36. The van der Waals surface area contributed by atoms with E-state index < -0.39 is 16.5 Å². The molecule has 36 heavy (non-hydrogen) atoms. The monoisotopic (exact) mass is 495 g/mol. The summed E-state index contributed by atoms with van der Waals surface area (Å²) in [6.07, 6.45) is 0. The van der Waals surface area contributed by atoms with Gasteiger partial charge in [0.05, 0.1) is 37.5 Å². The zero-order valence-electron chi connectivity index (χ0n) is 19.9. The van der Waals surface area contributed by atoms with Gasteiger partial charge in [-0.25, -0.2) is 0 Å². The smallest absolute Gasteiger partial charge is 0.286 e. The molecule has 2 N–H and O–H groups in total. The summed E-state index contributed by atoms with van der Waals surface area (Å²) in [4.78, 5) is 36.4. The van der Waals surface area contributed by atoms with E-state index in [1.54, 1.807) is 24.3 Å². The molecular formula is C25H25N3O8. The van der Waals surface area contributed by atoms with E-state index in [9.17, 15) is 19.7 Å². The van der Waals surface area contributed by atoms with E-state index in [4.69, 9.17) is 18.9 Å². The van der Waals surface area contributed by atoms with Gasteiger partial charge in [0.15, 0.2) is 11.5 Å². The van der Waals surface area contributed by atoms with Crippen LogP contribution in [0.4, 0.5) is 17.1 Å². The van der Waals surface area contributed by atoms with Crippen molar-refractivity contribution in [3.63, 3.8) is 0 Å². The van der Waals surface area contributed by atoms with Crippen LogP contribution in [-0.2, 0) is 4.74 Å². The number of benzene rings is 3. The minimum atomic E-state index is -0.727. The maximum Gasteiger partial charge on any atom is 0.286 e. The standard InChI is InChI=1S/C25H25N3O8/c1-33-12-13-36-23-15-20(28(31)32)18(14-22(23)35-3)25(30)26-17-10-8-16(9-11-17)24(29)27-19-6-4-5-7-21(19)34-2/h4-11,14-15H,12-13H2,1-3H3,(H,26,30)(H,27,29). The third-order valence-electron chi connectivity index (χ3n) is 5.03. The number of ether oxygens (including phenoxy) is 4. The number of hydrogen-bond acceptors (Lipinski definition) is 8. The van der Waals surface area contributed by atoms with Crippen molar-refractivity contribution in [1.82, 2.24) is 0 Å². The van der Waals surface area contributed by atoms with Crippen molar-refractivity contribution in [3.8, 4) is 17.2 Å². The normalized spacial score (nSPS) is 10.3. The summed E-state index contributed by atoms with van der Waals surface area (Å²) in [5.74, 6) is -0.313. The number of nitro groups is 1. The summed E-state index contributed by atoms with van der Waals surface area (Å²) in [5.41, 5.74) is 0.521. The average molecular weight is 495 g/mol. The highest BCUT2D eigenvalue weighted by Gasteiger charge is 2.25. The van der Waals surface area contributed by atoms with Crippen LogP contribution in [-0.4, -0.2) is 51.3 Å². The fourth-order valence-corrected chi connectivity index (χ4v) is 3.24. The number of anilines is 2. The van der Waals surface area contributed by atoms with E-state index in [1.165, 1.54) is 51.7 Å². The van der Waals surface area contributed by atoms with E-state index >= 15 is 0 Å². The molecule has 3 aromatic carbocycles. The maximum absolute atomic E-state index is 12.9. The summed E-state index contributed by atoms with van der Waals surface area (Å²) in [5, 5.41) is 17.0. The molecule has 0 atom stereocenters. The lowest BCUT2D eigenvalue weighted by Crippen LogP contribution is -2.16. The van der Waals surface area contributed by atoms with E-state index in [-0.39, 0.29) is 36.2 Å². The van der Waals surface area contributed by atoms with Crippen molar-refractivity contribution in [2.24, 2.45) is 0 Å². The van der Waals surface area contributed by atoms with E-state index in [0.717, 1.165) is 6.07 Å². The van der Waals surface area contributed by atoms with Crippen molar-refractivity contribution < 1.29 is 33.5 Å². The first-order valence-corrected chi connectivity index (χ1v) is 10.7. The molecule has 11 heteroatoms. The van der Waals surface area contributed by atoms with Crippen LogP contribution in [0.2, 0.25) is 0 Å². The molecule has 0 spiro atoms. The quantitative estimate of drug-likeness (QED) is 0.230. The second-order valence-corrected chi connectivity index (χ2v) is 7.30. The van der Waals surface area contributed by atoms with Crippen molar-refractivity contribution in [2.45, 2.75) is 0 Å². The number of nitrogens with zero attached hydrogens (tertiary/aromatic N) is 1. The highest BCUT2D eigenvalue weighted by molar-refractivity contribution is 6.08. The molecule has 0 aromatic heterocycles. The molecule has 188 valence electrons. The number of nitro benzene ring substituents is 1. The van der Waals surface area contributed by atoms with Gasteiger partial charge in [0.1, 0.15) is 17.9 Å². The molecule has 11 nitrogen and oxygen atoms in total. The molecule has 0 aliphatic carbocycles. The molecule has 0 aliphatic heterocycles. The second-order valence-electron chi connectivity index (χ2n) is 7.30. The Bertz CT molecular complexity index is 1240. The number of rotatable bonds is 11. The van der Waals surface area contributed by atoms with E-state index in [0.29, 0.717) is 22.7 Å². The van der Waals surface area contributed by atoms with Gasteiger partial charge in [0.25, 0.3) is 17.5 Å².